The van der Waals surface area contributed by atoms with Crippen molar-refractivity contribution in [3.8, 4) is 11.5 Å². The summed E-state index contributed by atoms with van der Waals surface area (Å²) in [4.78, 5) is 15.5. The summed E-state index contributed by atoms with van der Waals surface area (Å²) in [7, 11) is 3.17. The minimum atomic E-state index is -4.74. The standard InChI is InChI=1S/C28H34F3NO4/c1-17(2)12-20-16-32-11-10-19-13-24(34-3)25(35-4)14-21(19)22(32)15-23(20)36-27(33)26(28(29,30)31)18-8-6-5-7-9-18/h5-9,13-14,17,20,22-23,26H,10-12,15-16H2,1-4H3/t20-,22+,23+,26-/m1/s1. The molecular weight excluding hydrogens is 471 g/mol. The number of piperidine rings is 1. The van der Waals surface area contributed by atoms with Crippen molar-refractivity contribution in [2.24, 2.45) is 11.8 Å². The Balaban J connectivity index is 1.64. The monoisotopic (exact) mass is 505 g/mol. The second-order valence-corrected chi connectivity index (χ2v) is 10.2. The Kier molecular flexibility index (Phi) is 7.83. The van der Waals surface area contributed by atoms with Gasteiger partial charge in [0.15, 0.2) is 17.4 Å². The highest BCUT2D eigenvalue weighted by Crippen LogP contribution is 2.45. The number of hydrogen-bond donors (Lipinski definition) is 0. The van der Waals surface area contributed by atoms with Crippen molar-refractivity contribution in [1.29, 1.82) is 0 Å². The average Bonchev–Trinajstić information content (AvgIpc) is 2.83. The summed E-state index contributed by atoms with van der Waals surface area (Å²) < 4.78 is 58.8. The fourth-order valence-electron chi connectivity index (χ4n) is 5.70. The third kappa shape index (κ3) is 5.48. The van der Waals surface area contributed by atoms with Crippen LogP contribution in [0.5, 0.6) is 11.5 Å². The van der Waals surface area contributed by atoms with Gasteiger partial charge in [-0.2, -0.15) is 13.2 Å². The first kappa shape index (κ1) is 26.3. The minimum absolute atomic E-state index is 0.0449. The molecule has 4 rings (SSSR count). The molecule has 2 aliphatic heterocycles. The first-order valence-corrected chi connectivity index (χ1v) is 12.4. The number of ether oxygens (including phenoxy) is 3. The van der Waals surface area contributed by atoms with Crippen LogP contribution in [-0.2, 0) is 16.0 Å². The number of methoxy groups -OCH3 is 2. The summed E-state index contributed by atoms with van der Waals surface area (Å²) in [5.41, 5.74) is 2.07. The van der Waals surface area contributed by atoms with Gasteiger partial charge in [-0.3, -0.25) is 9.69 Å². The summed E-state index contributed by atoms with van der Waals surface area (Å²) in [6, 6.07) is 11.1. The molecule has 0 unspecified atom stereocenters. The maximum Gasteiger partial charge on any atom is 0.406 e. The topological polar surface area (TPSA) is 48.0 Å². The molecule has 36 heavy (non-hydrogen) atoms. The van der Waals surface area contributed by atoms with Crippen LogP contribution in [-0.4, -0.2) is 50.5 Å². The summed E-state index contributed by atoms with van der Waals surface area (Å²) in [6.07, 6.45) is -3.32. The van der Waals surface area contributed by atoms with Gasteiger partial charge in [0.1, 0.15) is 6.10 Å². The maximum absolute atomic E-state index is 14.0. The third-order valence-corrected chi connectivity index (χ3v) is 7.30. The molecule has 0 saturated carbocycles. The smallest absolute Gasteiger partial charge is 0.406 e. The van der Waals surface area contributed by atoms with Crippen LogP contribution in [0, 0.1) is 11.8 Å². The summed E-state index contributed by atoms with van der Waals surface area (Å²) in [6.45, 7) is 5.65. The van der Waals surface area contributed by atoms with Crippen molar-refractivity contribution in [3.05, 3.63) is 59.2 Å². The molecule has 2 aromatic carbocycles. The van der Waals surface area contributed by atoms with Crippen LogP contribution in [0.15, 0.2) is 42.5 Å². The van der Waals surface area contributed by atoms with Gasteiger partial charge in [0.2, 0.25) is 0 Å². The number of nitrogens with zero attached hydrogens (tertiary/aromatic N) is 1. The predicted octanol–water partition coefficient (Wildman–Crippen LogP) is 5.93. The van der Waals surface area contributed by atoms with Crippen molar-refractivity contribution in [3.63, 3.8) is 0 Å². The molecule has 0 radical (unpaired) electrons. The van der Waals surface area contributed by atoms with Gasteiger partial charge >= 0.3 is 12.1 Å². The van der Waals surface area contributed by atoms with E-state index >= 15 is 0 Å². The van der Waals surface area contributed by atoms with E-state index in [-0.39, 0.29) is 17.5 Å². The first-order valence-electron chi connectivity index (χ1n) is 12.4. The number of hydrogen-bond acceptors (Lipinski definition) is 5. The molecular formula is C28H34F3NO4. The Morgan fingerprint density at radius 3 is 2.36 bits per heavy atom. The second-order valence-electron chi connectivity index (χ2n) is 10.2. The quantitative estimate of drug-likeness (QED) is 0.437. The Morgan fingerprint density at radius 2 is 1.75 bits per heavy atom. The van der Waals surface area contributed by atoms with Gasteiger partial charge in [-0.25, -0.2) is 0 Å². The van der Waals surface area contributed by atoms with Crippen molar-refractivity contribution in [1.82, 2.24) is 4.90 Å². The van der Waals surface area contributed by atoms with E-state index in [1.165, 1.54) is 24.3 Å². The molecule has 0 N–H and O–H groups in total. The zero-order chi connectivity index (χ0) is 26.0. The van der Waals surface area contributed by atoms with Crippen molar-refractivity contribution in [2.45, 2.75) is 57.3 Å². The number of fused-ring (bicyclic) bond motifs is 3. The van der Waals surface area contributed by atoms with Crippen molar-refractivity contribution >= 4 is 5.97 Å². The molecule has 2 heterocycles. The summed E-state index contributed by atoms with van der Waals surface area (Å²) in [5.74, 6) is -2.00. The molecule has 5 nitrogen and oxygen atoms in total. The van der Waals surface area contributed by atoms with Gasteiger partial charge in [-0.15, -0.1) is 0 Å². The largest absolute Gasteiger partial charge is 0.493 e. The molecule has 1 fully saturated rings. The average molecular weight is 506 g/mol. The van der Waals surface area contributed by atoms with E-state index in [1.54, 1.807) is 20.3 Å². The fourth-order valence-corrected chi connectivity index (χ4v) is 5.70. The third-order valence-electron chi connectivity index (χ3n) is 7.30. The SMILES string of the molecule is COc1cc2c(cc1OC)[C@@H]1C[C@H](OC(=O)[C@@H](c3ccccc3)C(F)(F)F)[C@H](CC(C)C)CN1CC2. The molecule has 0 spiro atoms. The number of rotatable bonds is 7. The van der Waals surface area contributed by atoms with E-state index in [1.807, 2.05) is 12.1 Å². The molecule has 4 atom stereocenters. The normalized spacial score (nSPS) is 22.9. The van der Waals surface area contributed by atoms with Crippen molar-refractivity contribution < 1.29 is 32.2 Å². The van der Waals surface area contributed by atoms with E-state index in [9.17, 15) is 18.0 Å². The number of halogens is 3. The van der Waals surface area contributed by atoms with E-state index < -0.39 is 24.2 Å². The lowest BCUT2D eigenvalue weighted by Gasteiger charge is -2.47. The molecule has 0 amide bonds. The van der Waals surface area contributed by atoms with Crippen molar-refractivity contribution in [2.75, 3.05) is 27.3 Å². The lowest BCUT2D eigenvalue weighted by atomic mass is 9.79. The van der Waals surface area contributed by atoms with Crippen LogP contribution in [0.2, 0.25) is 0 Å². The Labute approximate surface area is 210 Å². The number of benzene rings is 2. The first-order chi connectivity index (χ1) is 17.1. The number of alkyl halides is 3. The molecule has 1 saturated heterocycles. The minimum Gasteiger partial charge on any atom is -0.493 e. The zero-order valence-corrected chi connectivity index (χ0v) is 21.2. The van der Waals surface area contributed by atoms with Crippen LogP contribution in [0.4, 0.5) is 13.2 Å². The van der Waals surface area contributed by atoms with Gasteiger partial charge < -0.3 is 14.2 Å². The van der Waals surface area contributed by atoms with Gasteiger partial charge in [0.25, 0.3) is 0 Å². The molecule has 2 aliphatic rings. The highest BCUT2D eigenvalue weighted by Gasteiger charge is 2.49. The lowest BCUT2D eigenvalue weighted by Crippen LogP contribution is -2.50. The molecule has 2 aromatic rings. The van der Waals surface area contributed by atoms with Crippen LogP contribution in [0.3, 0.4) is 0 Å². The number of carbonyl (C=O) groups is 1. The maximum atomic E-state index is 14.0. The van der Waals surface area contributed by atoms with Gasteiger partial charge in [0.05, 0.1) is 14.2 Å². The van der Waals surface area contributed by atoms with Crippen LogP contribution in [0.1, 0.15) is 55.3 Å². The lowest BCUT2D eigenvalue weighted by molar-refractivity contribution is -0.190. The van der Waals surface area contributed by atoms with E-state index in [4.69, 9.17) is 14.2 Å². The van der Waals surface area contributed by atoms with E-state index in [2.05, 4.69) is 18.7 Å². The van der Waals surface area contributed by atoms with Gasteiger partial charge in [0, 0.05) is 31.5 Å². The number of carbonyl (C=O) groups excluding carboxylic acids is 1. The van der Waals surface area contributed by atoms with E-state index in [0.717, 1.165) is 30.5 Å². The highest BCUT2D eigenvalue weighted by atomic mass is 19.4. The van der Waals surface area contributed by atoms with Crippen LogP contribution >= 0.6 is 0 Å². The van der Waals surface area contributed by atoms with E-state index in [0.29, 0.717) is 30.4 Å². The Morgan fingerprint density at radius 1 is 1.08 bits per heavy atom. The van der Waals surface area contributed by atoms with Gasteiger partial charge in [-0.1, -0.05) is 44.2 Å². The predicted molar refractivity (Wildman–Crippen MR) is 130 cm³/mol. The molecule has 8 heteroatoms. The molecule has 196 valence electrons. The highest BCUT2D eigenvalue weighted by molar-refractivity contribution is 5.79. The number of esters is 1. The zero-order valence-electron chi connectivity index (χ0n) is 21.2. The molecule has 0 aliphatic carbocycles. The Hall–Kier alpha value is -2.74. The molecule has 0 aromatic heterocycles. The fraction of sp³-hybridized carbons (Fsp3) is 0.536. The summed E-state index contributed by atoms with van der Waals surface area (Å²) >= 11 is 0. The van der Waals surface area contributed by atoms with Gasteiger partial charge in [-0.05, 0) is 47.6 Å². The van der Waals surface area contributed by atoms with Crippen LogP contribution < -0.4 is 9.47 Å². The molecule has 0 bridgehead atoms. The second kappa shape index (κ2) is 10.7. The summed E-state index contributed by atoms with van der Waals surface area (Å²) in [5, 5.41) is 0. The Bertz CT molecular complexity index is 1060. The van der Waals surface area contributed by atoms with Crippen LogP contribution in [0.25, 0.3) is 0 Å².